The van der Waals surface area contributed by atoms with Gasteiger partial charge in [-0.15, -0.1) is 0 Å². The molecular weight excluding hydrogens is 384 g/mol. The van der Waals surface area contributed by atoms with Gasteiger partial charge in [0.1, 0.15) is 5.78 Å². The van der Waals surface area contributed by atoms with Gasteiger partial charge in [-0.1, -0.05) is 52.3 Å². The summed E-state index contributed by atoms with van der Waals surface area (Å²) in [6.45, 7) is 13.6. The SMILES string of the molecule is CC1=C(O)C(=O)C=C2C1=CC=C1[C@@]2(C)CC[C@]2(C)[C@H]3C[C@@H](C)C(=O)C[C@]3(C)CC[C@]12C. The van der Waals surface area contributed by atoms with Gasteiger partial charge in [0.2, 0.25) is 5.78 Å². The van der Waals surface area contributed by atoms with Crippen LogP contribution < -0.4 is 0 Å². The van der Waals surface area contributed by atoms with Crippen molar-refractivity contribution in [2.45, 2.75) is 80.1 Å². The molecule has 1 N–H and O–H groups in total. The van der Waals surface area contributed by atoms with Gasteiger partial charge < -0.3 is 5.11 Å². The molecule has 0 amide bonds. The molecule has 6 atom stereocenters. The fourth-order valence-electron chi connectivity index (χ4n) is 8.39. The zero-order valence-corrected chi connectivity index (χ0v) is 19.9. The van der Waals surface area contributed by atoms with Gasteiger partial charge >= 0.3 is 0 Å². The second-order valence-electron chi connectivity index (χ2n) is 12.1. The van der Waals surface area contributed by atoms with E-state index in [1.54, 1.807) is 6.08 Å². The number of aliphatic hydroxyl groups excluding tert-OH is 1. The molecule has 0 bridgehead atoms. The van der Waals surface area contributed by atoms with Gasteiger partial charge in [0.25, 0.3) is 0 Å². The van der Waals surface area contributed by atoms with Crippen molar-refractivity contribution in [1.29, 1.82) is 0 Å². The molecule has 0 aromatic rings. The number of Topliss-reactive ketones (excluding diaryl/α,β-unsaturated/α-hetero) is 1. The van der Waals surface area contributed by atoms with Crippen molar-refractivity contribution in [2.24, 2.45) is 33.5 Å². The molecule has 31 heavy (non-hydrogen) atoms. The first-order valence-electron chi connectivity index (χ1n) is 12.0. The van der Waals surface area contributed by atoms with Crippen LogP contribution in [0.3, 0.4) is 0 Å². The van der Waals surface area contributed by atoms with E-state index in [0.717, 1.165) is 49.7 Å². The predicted molar refractivity (Wildman–Crippen MR) is 122 cm³/mol. The summed E-state index contributed by atoms with van der Waals surface area (Å²) in [4.78, 5) is 25.2. The highest BCUT2D eigenvalue weighted by Crippen LogP contribution is 2.74. The molecule has 0 heterocycles. The largest absolute Gasteiger partial charge is 0.504 e. The molecule has 0 unspecified atom stereocenters. The van der Waals surface area contributed by atoms with Crippen LogP contribution in [0.25, 0.3) is 0 Å². The first-order chi connectivity index (χ1) is 14.4. The highest BCUT2D eigenvalue weighted by atomic mass is 16.3. The van der Waals surface area contributed by atoms with Gasteiger partial charge in [0.15, 0.2) is 5.76 Å². The Morgan fingerprint density at radius 3 is 2.42 bits per heavy atom. The van der Waals surface area contributed by atoms with E-state index < -0.39 is 0 Å². The van der Waals surface area contributed by atoms with Crippen LogP contribution in [0.4, 0.5) is 0 Å². The zero-order valence-electron chi connectivity index (χ0n) is 19.9. The fourth-order valence-corrected chi connectivity index (χ4v) is 8.39. The normalized spacial score (nSPS) is 46.8. The van der Waals surface area contributed by atoms with Gasteiger partial charge in [0.05, 0.1) is 0 Å². The van der Waals surface area contributed by atoms with Crippen molar-refractivity contribution >= 4 is 11.6 Å². The Morgan fingerprint density at radius 1 is 1.00 bits per heavy atom. The number of ketones is 2. The summed E-state index contributed by atoms with van der Waals surface area (Å²) in [5.41, 5.74) is 4.37. The van der Waals surface area contributed by atoms with Crippen LogP contribution in [-0.2, 0) is 9.59 Å². The number of hydrogen-bond acceptors (Lipinski definition) is 3. The summed E-state index contributed by atoms with van der Waals surface area (Å²) >= 11 is 0. The molecule has 0 aromatic heterocycles. The number of hydrogen-bond donors (Lipinski definition) is 1. The summed E-state index contributed by atoms with van der Waals surface area (Å²) in [6, 6.07) is 0. The van der Waals surface area contributed by atoms with Crippen molar-refractivity contribution in [3.8, 4) is 0 Å². The summed E-state index contributed by atoms with van der Waals surface area (Å²) in [5, 5.41) is 10.2. The minimum absolute atomic E-state index is 0.0350. The third-order valence-corrected chi connectivity index (χ3v) is 10.7. The molecule has 0 aromatic carbocycles. The van der Waals surface area contributed by atoms with Crippen LogP contribution in [0.15, 0.2) is 46.3 Å². The van der Waals surface area contributed by atoms with Crippen LogP contribution in [0.5, 0.6) is 0 Å². The molecule has 5 aliphatic carbocycles. The molecule has 3 saturated carbocycles. The standard InChI is InChI=1S/C28H36O3/c1-16-13-23-25(3,15-21(16)30)9-11-27(5)22-8-7-18-17(2)24(31)20(29)14-19(18)26(22,4)10-12-28(23,27)6/h7-8,14,16,23,31H,9-13,15H2,1-6H3/t16-,23+,25+,26+,27-,28-/m1/s1. The van der Waals surface area contributed by atoms with E-state index in [2.05, 4.69) is 46.8 Å². The summed E-state index contributed by atoms with van der Waals surface area (Å²) in [6.07, 6.45) is 12.2. The van der Waals surface area contributed by atoms with Crippen LogP contribution in [0.2, 0.25) is 0 Å². The monoisotopic (exact) mass is 420 g/mol. The highest BCUT2D eigenvalue weighted by Gasteiger charge is 2.66. The Bertz CT molecular complexity index is 1040. The first kappa shape index (κ1) is 21.0. The number of rotatable bonds is 0. The zero-order chi connectivity index (χ0) is 22.6. The van der Waals surface area contributed by atoms with E-state index in [9.17, 15) is 14.7 Å². The van der Waals surface area contributed by atoms with E-state index in [0.29, 0.717) is 17.3 Å². The predicted octanol–water partition coefficient (Wildman–Crippen LogP) is 6.42. The lowest BCUT2D eigenvalue weighted by molar-refractivity contribution is -0.161. The summed E-state index contributed by atoms with van der Waals surface area (Å²) in [5.74, 6) is 0.767. The third kappa shape index (κ3) is 2.41. The molecule has 3 heteroatoms. The molecule has 0 radical (unpaired) electrons. The first-order valence-corrected chi connectivity index (χ1v) is 12.0. The van der Waals surface area contributed by atoms with Crippen LogP contribution in [0.1, 0.15) is 80.1 Å². The molecule has 0 saturated heterocycles. The highest BCUT2D eigenvalue weighted by molar-refractivity contribution is 6.06. The van der Waals surface area contributed by atoms with Crippen molar-refractivity contribution in [3.05, 3.63) is 46.3 Å². The van der Waals surface area contributed by atoms with Gasteiger partial charge in [-0.3, -0.25) is 9.59 Å². The van der Waals surface area contributed by atoms with Crippen LogP contribution in [-0.4, -0.2) is 16.7 Å². The fraction of sp³-hybridized carbons (Fsp3) is 0.643. The van der Waals surface area contributed by atoms with E-state index >= 15 is 0 Å². The quantitative estimate of drug-likeness (QED) is 0.492. The maximum atomic E-state index is 12.6. The van der Waals surface area contributed by atoms with Gasteiger partial charge in [-0.2, -0.15) is 0 Å². The third-order valence-electron chi connectivity index (χ3n) is 10.7. The number of allylic oxidation sites excluding steroid dienone is 7. The number of aliphatic hydroxyl groups is 1. The van der Waals surface area contributed by atoms with Crippen molar-refractivity contribution < 1.29 is 14.7 Å². The van der Waals surface area contributed by atoms with Gasteiger partial charge in [-0.25, -0.2) is 0 Å². The van der Waals surface area contributed by atoms with Gasteiger partial charge in [0, 0.05) is 23.3 Å². The molecule has 0 spiro atoms. The van der Waals surface area contributed by atoms with E-state index in [-0.39, 0.29) is 39.1 Å². The van der Waals surface area contributed by atoms with Crippen molar-refractivity contribution in [2.75, 3.05) is 0 Å². The maximum Gasteiger partial charge on any atom is 0.220 e. The van der Waals surface area contributed by atoms with Gasteiger partial charge in [-0.05, 0) is 78.4 Å². The average molecular weight is 421 g/mol. The molecule has 5 rings (SSSR count). The molecule has 5 aliphatic rings. The maximum absolute atomic E-state index is 12.6. The van der Waals surface area contributed by atoms with E-state index in [1.165, 1.54) is 5.57 Å². The van der Waals surface area contributed by atoms with Crippen molar-refractivity contribution in [1.82, 2.24) is 0 Å². The summed E-state index contributed by atoms with van der Waals surface area (Å²) < 4.78 is 0. The lowest BCUT2D eigenvalue weighted by atomic mass is 9.35. The Labute approximate surface area is 186 Å². The van der Waals surface area contributed by atoms with Crippen LogP contribution >= 0.6 is 0 Å². The van der Waals surface area contributed by atoms with E-state index in [4.69, 9.17) is 0 Å². The molecule has 3 fully saturated rings. The lowest BCUT2D eigenvalue weighted by Crippen LogP contribution is -2.61. The molecule has 3 nitrogen and oxygen atoms in total. The number of fused-ring (bicyclic) bond motifs is 7. The number of carbonyl (C=O) groups is 2. The van der Waals surface area contributed by atoms with Crippen LogP contribution in [0, 0.1) is 33.5 Å². The average Bonchev–Trinajstić information content (AvgIpc) is 2.71. The summed E-state index contributed by atoms with van der Waals surface area (Å²) in [7, 11) is 0. The second kappa shape index (κ2) is 6.11. The molecule has 0 aliphatic heterocycles. The van der Waals surface area contributed by atoms with Crippen molar-refractivity contribution in [3.63, 3.8) is 0 Å². The number of carbonyl (C=O) groups excluding carboxylic acids is 2. The smallest absolute Gasteiger partial charge is 0.220 e. The Kier molecular flexibility index (Phi) is 4.14. The minimum atomic E-state index is -0.263. The lowest BCUT2D eigenvalue weighted by Gasteiger charge is -2.69. The van der Waals surface area contributed by atoms with E-state index in [1.807, 2.05) is 6.92 Å². The topological polar surface area (TPSA) is 54.4 Å². The molecule has 166 valence electrons. The Morgan fingerprint density at radius 2 is 1.71 bits per heavy atom. The Hall–Kier alpha value is -1.90. The molecular formula is C28H36O3. The Balaban J connectivity index is 1.65. The second-order valence-corrected chi connectivity index (χ2v) is 12.1. The minimum Gasteiger partial charge on any atom is -0.504 e.